The van der Waals surface area contributed by atoms with E-state index >= 15 is 0 Å². The Kier molecular flexibility index (Phi) is 5.67. The Hall–Kier alpha value is -2.73. The van der Waals surface area contributed by atoms with Crippen molar-refractivity contribution in [2.45, 2.75) is 13.0 Å². The van der Waals surface area contributed by atoms with Gasteiger partial charge in [-0.2, -0.15) is 0 Å². The summed E-state index contributed by atoms with van der Waals surface area (Å²) in [5.74, 6) is 1.58. The fourth-order valence-corrected chi connectivity index (χ4v) is 3.84. The Balaban J connectivity index is 1.20. The largest absolute Gasteiger partial charge is 0.486 e. The zero-order valence-corrected chi connectivity index (χ0v) is 16.3. The van der Waals surface area contributed by atoms with Gasteiger partial charge in [0.15, 0.2) is 18.0 Å². The summed E-state index contributed by atoms with van der Waals surface area (Å²) < 4.78 is 11.6. The number of piperazine rings is 1. The van der Waals surface area contributed by atoms with Gasteiger partial charge in [-0.3, -0.25) is 4.79 Å². The molecule has 0 unspecified atom stereocenters. The second-order valence-corrected chi connectivity index (χ2v) is 7.50. The molecule has 2 aromatic rings. The van der Waals surface area contributed by atoms with Gasteiger partial charge in [-0.05, 0) is 30.7 Å². The number of fused-ring (bicyclic) bond motifs is 1. The normalized spacial score (nSPS) is 19.3. The average Bonchev–Trinajstić information content (AvgIpc) is 2.73. The van der Waals surface area contributed by atoms with Crippen LogP contribution in [0.3, 0.4) is 0 Å². The number of benzene rings is 2. The van der Waals surface area contributed by atoms with Crippen molar-refractivity contribution in [2.75, 3.05) is 50.8 Å². The lowest BCUT2D eigenvalue weighted by Crippen LogP contribution is -3.16. The zero-order valence-electron chi connectivity index (χ0n) is 16.3. The Morgan fingerprint density at radius 2 is 1.82 bits per heavy atom. The van der Waals surface area contributed by atoms with E-state index in [0.717, 1.165) is 37.7 Å². The Labute approximate surface area is 166 Å². The number of quaternary nitrogens is 1. The van der Waals surface area contributed by atoms with Crippen molar-refractivity contribution in [3.63, 3.8) is 0 Å². The minimum absolute atomic E-state index is 0.0711. The van der Waals surface area contributed by atoms with Gasteiger partial charge < -0.3 is 24.6 Å². The van der Waals surface area contributed by atoms with Crippen LogP contribution in [0.5, 0.6) is 11.5 Å². The van der Waals surface area contributed by atoms with Crippen LogP contribution in [0.1, 0.15) is 5.56 Å². The maximum absolute atomic E-state index is 12.4. The van der Waals surface area contributed by atoms with E-state index in [1.165, 1.54) is 16.2 Å². The third-order valence-electron chi connectivity index (χ3n) is 5.43. The minimum atomic E-state index is -0.147. The molecule has 0 saturated carbocycles. The summed E-state index contributed by atoms with van der Waals surface area (Å²) in [6, 6.07) is 16.1. The van der Waals surface area contributed by atoms with E-state index in [0.29, 0.717) is 19.7 Å². The lowest BCUT2D eigenvalue weighted by molar-refractivity contribution is -0.892. The highest BCUT2D eigenvalue weighted by molar-refractivity contribution is 5.76. The van der Waals surface area contributed by atoms with Crippen molar-refractivity contribution in [2.24, 2.45) is 0 Å². The number of carbonyl (C=O) groups is 1. The molecule has 1 amide bonds. The smallest absolute Gasteiger partial charge is 0.275 e. The summed E-state index contributed by atoms with van der Waals surface area (Å²) >= 11 is 0. The third-order valence-corrected chi connectivity index (χ3v) is 5.43. The van der Waals surface area contributed by atoms with E-state index < -0.39 is 0 Å². The van der Waals surface area contributed by atoms with Gasteiger partial charge in [0, 0.05) is 5.69 Å². The highest BCUT2D eigenvalue weighted by atomic mass is 16.6. The van der Waals surface area contributed by atoms with E-state index in [9.17, 15) is 4.79 Å². The summed E-state index contributed by atoms with van der Waals surface area (Å²) in [5.41, 5.74) is 2.61. The van der Waals surface area contributed by atoms with E-state index in [4.69, 9.17) is 9.47 Å². The van der Waals surface area contributed by atoms with Gasteiger partial charge in [-0.1, -0.05) is 30.3 Å². The van der Waals surface area contributed by atoms with Crippen molar-refractivity contribution in [1.29, 1.82) is 0 Å². The number of hydrogen-bond donors (Lipinski definition) is 2. The average molecular weight is 382 g/mol. The fraction of sp³-hybridized carbons (Fsp3) is 0.409. The van der Waals surface area contributed by atoms with E-state index in [1.54, 1.807) is 0 Å². The van der Waals surface area contributed by atoms with Gasteiger partial charge in [0.1, 0.15) is 12.7 Å². The van der Waals surface area contributed by atoms with Gasteiger partial charge >= 0.3 is 0 Å². The number of nitrogens with zero attached hydrogens (tertiary/aromatic N) is 1. The van der Waals surface area contributed by atoms with Gasteiger partial charge in [-0.25, -0.2) is 0 Å². The van der Waals surface area contributed by atoms with Crippen LogP contribution in [0.4, 0.5) is 5.69 Å². The molecule has 4 rings (SSSR count). The molecular formula is C22H28N3O3+. The van der Waals surface area contributed by atoms with E-state index in [-0.39, 0.29) is 12.0 Å². The summed E-state index contributed by atoms with van der Waals surface area (Å²) in [6.45, 7) is 7.47. The van der Waals surface area contributed by atoms with Crippen molar-refractivity contribution >= 4 is 11.6 Å². The molecule has 28 heavy (non-hydrogen) atoms. The molecule has 1 saturated heterocycles. The number of ether oxygens (including phenoxy) is 2. The van der Waals surface area contributed by atoms with Crippen LogP contribution in [-0.4, -0.2) is 57.9 Å². The molecule has 0 spiro atoms. The number of rotatable bonds is 5. The quantitative estimate of drug-likeness (QED) is 0.798. The lowest BCUT2D eigenvalue weighted by atomic mass is 10.1. The molecule has 6 heteroatoms. The highest BCUT2D eigenvalue weighted by Crippen LogP contribution is 2.30. The van der Waals surface area contributed by atoms with Crippen molar-refractivity contribution < 1.29 is 19.2 Å². The summed E-state index contributed by atoms with van der Waals surface area (Å²) in [6.07, 6.45) is -0.147. The van der Waals surface area contributed by atoms with Crippen LogP contribution in [0.15, 0.2) is 48.5 Å². The third kappa shape index (κ3) is 4.39. The Morgan fingerprint density at radius 1 is 1.11 bits per heavy atom. The first-order valence-electron chi connectivity index (χ1n) is 9.98. The molecule has 0 aromatic heterocycles. The molecule has 0 bridgehead atoms. The highest BCUT2D eigenvalue weighted by Gasteiger charge is 2.25. The fourth-order valence-electron chi connectivity index (χ4n) is 3.84. The first-order valence-corrected chi connectivity index (χ1v) is 9.98. The molecular weight excluding hydrogens is 354 g/mol. The summed E-state index contributed by atoms with van der Waals surface area (Å²) in [7, 11) is 0. The van der Waals surface area contributed by atoms with Crippen molar-refractivity contribution in [3.8, 4) is 11.5 Å². The standard InChI is InChI=1S/C22H27N3O3/c1-17-6-2-3-7-19(17)25-12-10-24(11-13-25)15-22(26)23-14-18-16-27-20-8-4-5-9-21(20)28-18/h2-9,18H,10-16H2,1H3,(H,23,26)/p+1/t18-/m0/s1. The second kappa shape index (κ2) is 8.52. The predicted octanol–water partition coefficient (Wildman–Crippen LogP) is 0.656. The minimum Gasteiger partial charge on any atom is -0.486 e. The van der Waals surface area contributed by atoms with E-state index in [1.807, 2.05) is 24.3 Å². The zero-order chi connectivity index (χ0) is 19.3. The molecule has 2 N–H and O–H groups in total. The maximum Gasteiger partial charge on any atom is 0.275 e. The molecule has 2 aromatic carbocycles. The number of amides is 1. The van der Waals surface area contributed by atoms with Crippen molar-refractivity contribution in [3.05, 3.63) is 54.1 Å². The molecule has 6 nitrogen and oxygen atoms in total. The summed E-state index contributed by atoms with van der Waals surface area (Å²) in [4.78, 5) is 16.1. The molecule has 1 fully saturated rings. The SMILES string of the molecule is Cc1ccccc1N1CC[NH+](CC(=O)NC[C@H]2COc3ccccc3O2)CC1. The first kappa shape index (κ1) is 18.6. The number of aryl methyl sites for hydroxylation is 1. The first-order chi connectivity index (χ1) is 13.7. The topological polar surface area (TPSA) is 55.2 Å². The molecule has 1 atom stereocenters. The van der Waals surface area contributed by atoms with Crippen LogP contribution in [0.25, 0.3) is 0 Å². The number of para-hydroxylation sites is 3. The number of hydrogen-bond acceptors (Lipinski definition) is 4. The van der Waals surface area contributed by atoms with Gasteiger partial charge in [-0.15, -0.1) is 0 Å². The van der Waals surface area contributed by atoms with Crippen LogP contribution in [-0.2, 0) is 4.79 Å². The molecule has 0 aliphatic carbocycles. The summed E-state index contributed by atoms with van der Waals surface area (Å²) in [5, 5.41) is 3.00. The Bertz CT molecular complexity index is 818. The van der Waals surface area contributed by atoms with Gasteiger partial charge in [0.05, 0.1) is 32.7 Å². The number of carbonyl (C=O) groups excluding carboxylic acids is 1. The Morgan fingerprint density at radius 3 is 2.61 bits per heavy atom. The number of nitrogens with one attached hydrogen (secondary N) is 2. The predicted molar refractivity (Wildman–Crippen MR) is 108 cm³/mol. The molecule has 148 valence electrons. The van der Waals surface area contributed by atoms with Crippen molar-refractivity contribution in [1.82, 2.24) is 5.32 Å². The van der Waals surface area contributed by atoms with Crippen LogP contribution in [0.2, 0.25) is 0 Å². The molecule has 2 heterocycles. The van der Waals surface area contributed by atoms with Crippen LogP contribution >= 0.6 is 0 Å². The van der Waals surface area contributed by atoms with Gasteiger partial charge in [0.25, 0.3) is 5.91 Å². The van der Waals surface area contributed by atoms with Crippen LogP contribution < -0.4 is 24.6 Å². The number of anilines is 1. The van der Waals surface area contributed by atoms with E-state index in [2.05, 4.69) is 41.4 Å². The molecule has 2 aliphatic heterocycles. The van der Waals surface area contributed by atoms with Crippen LogP contribution in [0, 0.1) is 6.92 Å². The monoisotopic (exact) mass is 382 g/mol. The maximum atomic E-state index is 12.4. The molecule has 2 aliphatic rings. The second-order valence-electron chi connectivity index (χ2n) is 7.50. The molecule has 0 radical (unpaired) electrons. The van der Waals surface area contributed by atoms with Gasteiger partial charge in [0.2, 0.25) is 0 Å². The lowest BCUT2D eigenvalue weighted by Gasteiger charge is -2.34.